The largest absolute Gasteiger partial charge is 0.339 e. The van der Waals surface area contributed by atoms with E-state index in [0.717, 1.165) is 16.1 Å². The molecule has 0 unspecified atom stereocenters. The van der Waals surface area contributed by atoms with E-state index in [2.05, 4.69) is 35.6 Å². The number of carbonyl (C=O) groups is 1. The molecule has 4 rings (SSSR count). The molecule has 0 aliphatic rings. The molecule has 0 aliphatic heterocycles. The van der Waals surface area contributed by atoms with Gasteiger partial charge < -0.3 is 9.84 Å². The Balaban J connectivity index is 1.32. The Bertz CT molecular complexity index is 1110. The minimum absolute atomic E-state index is 0.171. The number of amides is 1. The number of hydrogen-bond donors (Lipinski definition) is 2. The quantitative estimate of drug-likeness (QED) is 0.477. The minimum Gasteiger partial charge on any atom is -0.339 e. The molecule has 4 aromatic rings. The summed E-state index contributed by atoms with van der Waals surface area (Å²) in [4.78, 5) is 25.8. The number of halogens is 1. The number of benzene rings is 1. The second-order valence-electron chi connectivity index (χ2n) is 6.22. The van der Waals surface area contributed by atoms with E-state index in [-0.39, 0.29) is 18.1 Å². The van der Waals surface area contributed by atoms with Gasteiger partial charge in [0.2, 0.25) is 17.6 Å². The predicted molar refractivity (Wildman–Crippen MR) is 103 cm³/mol. The molecule has 148 valence electrons. The van der Waals surface area contributed by atoms with Gasteiger partial charge in [0.1, 0.15) is 12.1 Å². The second-order valence-corrected chi connectivity index (χ2v) is 7.31. The standard InChI is InChI=1S/C18H16FN7O2S/c1-10-13(8-11-2-4-12(19)5-3-11)29-18(22-10)23-14(27)6-7-15-24-17(26-28-15)16-20-9-21-25-16/h2-5,9H,6-8H2,1H3,(H,20,21,25)(H,22,23,27). The first kappa shape index (κ1) is 18.9. The average Bonchev–Trinajstić information content (AvgIpc) is 3.44. The molecule has 11 heteroatoms. The van der Waals surface area contributed by atoms with Crippen molar-refractivity contribution in [2.45, 2.75) is 26.2 Å². The zero-order chi connectivity index (χ0) is 20.2. The molecule has 1 amide bonds. The molecule has 0 aliphatic carbocycles. The first-order valence-corrected chi connectivity index (χ1v) is 9.57. The number of aryl methyl sites for hydroxylation is 2. The summed E-state index contributed by atoms with van der Waals surface area (Å²) in [6.07, 6.45) is 2.44. The van der Waals surface area contributed by atoms with Crippen LogP contribution >= 0.6 is 11.3 Å². The predicted octanol–water partition coefficient (Wildman–Crippen LogP) is 2.92. The first-order chi connectivity index (χ1) is 14.1. The van der Waals surface area contributed by atoms with Gasteiger partial charge in [-0.05, 0) is 24.6 Å². The highest BCUT2D eigenvalue weighted by Crippen LogP contribution is 2.25. The molecule has 3 aromatic heterocycles. The van der Waals surface area contributed by atoms with Crippen LogP contribution in [0.3, 0.4) is 0 Å². The molecular formula is C18H16FN7O2S. The van der Waals surface area contributed by atoms with Gasteiger partial charge in [-0.15, -0.1) is 11.3 Å². The van der Waals surface area contributed by atoms with Gasteiger partial charge in [-0.3, -0.25) is 9.89 Å². The van der Waals surface area contributed by atoms with E-state index in [0.29, 0.717) is 35.5 Å². The number of thiazole rings is 1. The molecule has 0 atom stereocenters. The van der Waals surface area contributed by atoms with Crippen LogP contribution in [-0.2, 0) is 17.6 Å². The van der Waals surface area contributed by atoms with Crippen molar-refractivity contribution < 1.29 is 13.7 Å². The molecule has 0 spiro atoms. The van der Waals surface area contributed by atoms with Crippen molar-refractivity contribution in [1.82, 2.24) is 30.3 Å². The number of H-pyrrole nitrogens is 1. The Kier molecular flexibility index (Phi) is 5.38. The summed E-state index contributed by atoms with van der Waals surface area (Å²) < 4.78 is 18.2. The van der Waals surface area contributed by atoms with Gasteiger partial charge in [0.25, 0.3) is 0 Å². The van der Waals surface area contributed by atoms with Crippen molar-refractivity contribution in [2.75, 3.05) is 5.32 Å². The summed E-state index contributed by atoms with van der Waals surface area (Å²) in [6, 6.07) is 6.34. The normalized spacial score (nSPS) is 11.0. The Morgan fingerprint density at radius 2 is 2.10 bits per heavy atom. The van der Waals surface area contributed by atoms with Crippen molar-refractivity contribution in [3.63, 3.8) is 0 Å². The van der Waals surface area contributed by atoms with E-state index < -0.39 is 0 Å². The maximum Gasteiger partial charge on any atom is 0.239 e. The van der Waals surface area contributed by atoms with E-state index in [4.69, 9.17) is 4.52 Å². The summed E-state index contributed by atoms with van der Waals surface area (Å²) in [7, 11) is 0. The van der Waals surface area contributed by atoms with Gasteiger partial charge in [0.05, 0.1) is 5.69 Å². The molecule has 3 heterocycles. The van der Waals surface area contributed by atoms with Gasteiger partial charge in [0.15, 0.2) is 11.0 Å². The SMILES string of the molecule is Cc1nc(NC(=O)CCc2nc(-c3ncn[nH]3)no2)sc1Cc1ccc(F)cc1. The average molecular weight is 413 g/mol. The Morgan fingerprint density at radius 1 is 1.28 bits per heavy atom. The van der Waals surface area contributed by atoms with Crippen molar-refractivity contribution >= 4 is 22.4 Å². The van der Waals surface area contributed by atoms with Crippen LogP contribution in [0.5, 0.6) is 0 Å². The number of anilines is 1. The third-order valence-electron chi connectivity index (χ3n) is 4.08. The van der Waals surface area contributed by atoms with Gasteiger partial charge in [-0.2, -0.15) is 10.1 Å². The highest BCUT2D eigenvalue weighted by atomic mass is 32.1. The Hall–Kier alpha value is -3.47. The van der Waals surface area contributed by atoms with Crippen LogP contribution in [0.15, 0.2) is 35.1 Å². The highest BCUT2D eigenvalue weighted by Gasteiger charge is 2.14. The van der Waals surface area contributed by atoms with Crippen LogP contribution in [0.4, 0.5) is 9.52 Å². The van der Waals surface area contributed by atoms with Crippen molar-refractivity contribution in [3.8, 4) is 11.6 Å². The summed E-state index contributed by atoms with van der Waals surface area (Å²) in [6.45, 7) is 1.88. The highest BCUT2D eigenvalue weighted by molar-refractivity contribution is 7.15. The van der Waals surface area contributed by atoms with Crippen LogP contribution < -0.4 is 5.32 Å². The Morgan fingerprint density at radius 3 is 2.86 bits per heavy atom. The van der Waals surface area contributed by atoms with Gasteiger partial charge in [-0.25, -0.2) is 14.4 Å². The summed E-state index contributed by atoms with van der Waals surface area (Å²) >= 11 is 1.40. The zero-order valence-corrected chi connectivity index (χ0v) is 16.2. The maximum atomic E-state index is 13.0. The van der Waals surface area contributed by atoms with Crippen molar-refractivity contribution in [1.29, 1.82) is 0 Å². The number of nitrogens with zero attached hydrogens (tertiary/aromatic N) is 5. The fourth-order valence-corrected chi connectivity index (χ4v) is 3.61. The third-order valence-corrected chi connectivity index (χ3v) is 5.15. The van der Waals surface area contributed by atoms with Gasteiger partial charge in [0, 0.05) is 24.1 Å². The van der Waals surface area contributed by atoms with Crippen LogP contribution in [0, 0.1) is 12.7 Å². The van der Waals surface area contributed by atoms with Crippen LogP contribution in [-0.4, -0.2) is 36.2 Å². The van der Waals surface area contributed by atoms with E-state index in [1.54, 1.807) is 12.1 Å². The summed E-state index contributed by atoms with van der Waals surface area (Å²) in [5.74, 6) is 0.553. The summed E-state index contributed by atoms with van der Waals surface area (Å²) in [5, 5.41) is 13.5. The number of nitrogens with one attached hydrogen (secondary N) is 2. The van der Waals surface area contributed by atoms with Crippen molar-refractivity contribution in [2.24, 2.45) is 0 Å². The van der Waals surface area contributed by atoms with E-state index in [9.17, 15) is 9.18 Å². The fourth-order valence-electron chi connectivity index (χ4n) is 2.60. The van der Waals surface area contributed by atoms with Crippen molar-refractivity contribution in [3.05, 3.63) is 58.4 Å². The van der Waals surface area contributed by atoms with E-state index >= 15 is 0 Å². The lowest BCUT2D eigenvalue weighted by Crippen LogP contribution is -2.12. The first-order valence-electron chi connectivity index (χ1n) is 8.76. The molecule has 29 heavy (non-hydrogen) atoms. The van der Waals surface area contributed by atoms with E-state index in [1.807, 2.05) is 6.92 Å². The van der Waals surface area contributed by atoms with Crippen LogP contribution in [0.1, 0.15) is 28.4 Å². The number of carbonyl (C=O) groups excluding carboxylic acids is 1. The van der Waals surface area contributed by atoms with E-state index in [1.165, 1.54) is 29.8 Å². The Labute approximate surface area is 168 Å². The van der Waals surface area contributed by atoms with Crippen LogP contribution in [0.25, 0.3) is 11.6 Å². The van der Waals surface area contributed by atoms with Gasteiger partial charge >= 0.3 is 0 Å². The lowest BCUT2D eigenvalue weighted by Gasteiger charge is -2.00. The smallest absolute Gasteiger partial charge is 0.239 e. The number of hydrogen-bond acceptors (Lipinski definition) is 8. The number of aromatic amines is 1. The third kappa shape index (κ3) is 4.69. The molecule has 0 bridgehead atoms. The monoisotopic (exact) mass is 413 g/mol. The second kappa shape index (κ2) is 8.27. The lowest BCUT2D eigenvalue weighted by atomic mass is 10.1. The molecule has 2 N–H and O–H groups in total. The topological polar surface area (TPSA) is 122 Å². The molecule has 0 fully saturated rings. The summed E-state index contributed by atoms with van der Waals surface area (Å²) in [5.41, 5.74) is 1.82. The number of aromatic nitrogens is 6. The van der Waals surface area contributed by atoms with Gasteiger partial charge in [-0.1, -0.05) is 17.3 Å². The zero-order valence-electron chi connectivity index (χ0n) is 15.3. The van der Waals surface area contributed by atoms with Crippen LogP contribution in [0.2, 0.25) is 0 Å². The minimum atomic E-state index is -0.267. The molecule has 1 aromatic carbocycles. The maximum absolute atomic E-state index is 13.0. The number of rotatable bonds is 7. The molecular weight excluding hydrogens is 397 g/mol. The fraction of sp³-hybridized carbons (Fsp3) is 0.222. The lowest BCUT2D eigenvalue weighted by molar-refractivity contribution is -0.116. The molecule has 0 radical (unpaired) electrons. The molecule has 0 saturated heterocycles. The molecule has 0 saturated carbocycles. The molecule has 9 nitrogen and oxygen atoms in total.